The van der Waals surface area contributed by atoms with Gasteiger partial charge in [-0.15, -0.1) is 0 Å². The van der Waals surface area contributed by atoms with Crippen LogP contribution in [0.5, 0.6) is 0 Å². The van der Waals surface area contributed by atoms with Crippen LogP contribution in [-0.2, 0) is 11.3 Å². The Bertz CT molecular complexity index is 442. The molecule has 1 aromatic carbocycles. The van der Waals surface area contributed by atoms with Gasteiger partial charge < -0.3 is 14.5 Å². The number of rotatable bonds is 6. The van der Waals surface area contributed by atoms with Crippen molar-refractivity contribution >= 4 is 17.3 Å². The van der Waals surface area contributed by atoms with E-state index < -0.39 is 0 Å². The van der Waals surface area contributed by atoms with Gasteiger partial charge in [0.25, 0.3) is 0 Å². The first-order valence-electron chi connectivity index (χ1n) is 5.44. The maximum absolute atomic E-state index is 5.87. The molecule has 0 aliphatic rings. The highest BCUT2D eigenvalue weighted by atomic mass is 35.5. The Hall–Kier alpha value is -1.45. The molecule has 4 heteroatoms. The monoisotopic (exact) mass is 251 g/mol. The molecule has 2 aromatic rings. The fourth-order valence-electron chi connectivity index (χ4n) is 1.43. The van der Waals surface area contributed by atoms with E-state index in [9.17, 15) is 0 Å². The lowest BCUT2D eigenvalue weighted by Crippen LogP contribution is -2.09. The van der Waals surface area contributed by atoms with Gasteiger partial charge in [0.15, 0.2) is 0 Å². The topological polar surface area (TPSA) is 34.4 Å². The molecule has 0 saturated carbocycles. The molecule has 0 unspecified atom stereocenters. The highest BCUT2D eigenvalue weighted by molar-refractivity contribution is 6.30. The van der Waals surface area contributed by atoms with Crippen molar-refractivity contribution in [2.24, 2.45) is 0 Å². The lowest BCUT2D eigenvalue weighted by atomic mass is 10.3. The molecule has 0 bridgehead atoms. The first kappa shape index (κ1) is 12.0. The van der Waals surface area contributed by atoms with E-state index in [1.54, 1.807) is 6.26 Å². The second-order valence-corrected chi connectivity index (χ2v) is 4.01. The Morgan fingerprint density at radius 2 is 2.18 bits per heavy atom. The molecule has 2 rings (SSSR count). The third kappa shape index (κ3) is 4.13. The Balaban J connectivity index is 1.63. The molecule has 3 nitrogen and oxygen atoms in total. The average molecular weight is 252 g/mol. The van der Waals surface area contributed by atoms with Crippen LogP contribution in [0.25, 0.3) is 0 Å². The molecule has 0 amide bonds. The molecule has 0 aliphatic carbocycles. The summed E-state index contributed by atoms with van der Waals surface area (Å²) in [4.78, 5) is 0. The third-order valence-corrected chi connectivity index (χ3v) is 2.46. The van der Waals surface area contributed by atoms with Gasteiger partial charge in [0, 0.05) is 17.3 Å². The van der Waals surface area contributed by atoms with Crippen LogP contribution >= 0.6 is 11.6 Å². The van der Waals surface area contributed by atoms with Gasteiger partial charge in [-0.2, -0.15) is 0 Å². The van der Waals surface area contributed by atoms with Crippen molar-refractivity contribution in [3.8, 4) is 0 Å². The van der Waals surface area contributed by atoms with Gasteiger partial charge in [-0.3, -0.25) is 0 Å². The SMILES string of the molecule is Clc1cccc(NCCOCc2ccco2)c1. The van der Waals surface area contributed by atoms with Gasteiger partial charge in [-0.1, -0.05) is 17.7 Å². The Morgan fingerprint density at radius 1 is 1.24 bits per heavy atom. The molecule has 90 valence electrons. The van der Waals surface area contributed by atoms with E-state index >= 15 is 0 Å². The molecule has 0 atom stereocenters. The molecule has 0 spiro atoms. The van der Waals surface area contributed by atoms with Crippen LogP contribution in [0.3, 0.4) is 0 Å². The fraction of sp³-hybridized carbons (Fsp3) is 0.231. The lowest BCUT2D eigenvalue weighted by Gasteiger charge is -2.06. The molecule has 0 fully saturated rings. The minimum Gasteiger partial charge on any atom is -0.467 e. The number of hydrogen-bond acceptors (Lipinski definition) is 3. The van der Waals surface area contributed by atoms with E-state index in [4.69, 9.17) is 20.8 Å². The summed E-state index contributed by atoms with van der Waals surface area (Å²) in [6.07, 6.45) is 1.64. The van der Waals surface area contributed by atoms with Gasteiger partial charge in [0.05, 0.1) is 12.9 Å². The number of benzene rings is 1. The fourth-order valence-corrected chi connectivity index (χ4v) is 1.62. The summed E-state index contributed by atoms with van der Waals surface area (Å²) in [5.74, 6) is 0.841. The summed E-state index contributed by atoms with van der Waals surface area (Å²) in [5, 5.41) is 3.95. The molecule has 17 heavy (non-hydrogen) atoms. The number of halogens is 1. The van der Waals surface area contributed by atoms with E-state index in [0.717, 1.165) is 23.0 Å². The van der Waals surface area contributed by atoms with E-state index in [0.29, 0.717) is 13.2 Å². The van der Waals surface area contributed by atoms with Gasteiger partial charge in [0.1, 0.15) is 12.4 Å². The quantitative estimate of drug-likeness (QED) is 0.797. The van der Waals surface area contributed by atoms with Crippen LogP contribution < -0.4 is 5.32 Å². The van der Waals surface area contributed by atoms with Gasteiger partial charge >= 0.3 is 0 Å². The van der Waals surface area contributed by atoms with E-state index in [1.165, 1.54) is 0 Å². The highest BCUT2D eigenvalue weighted by Gasteiger charge is 1.96. The van der Waals surface area contributed by atoms with Crippen LogP contribution in [0.2, 0.25) is 5.02 Å². The zero-order valence-electron chi connectivity index (χ0n) is 9.36. The van der Waals surface area contributed by atoms with Crippen LogP contribution in [0.4, 0.5) is 5.69 Å². The molecule has 0 aliphatic heterocycles. The standard InChI is InChI=1S/C13H14ClNO2/c14-11-3-1-4-12(9-11)15-6-8-16-10-13-5-2-7-17-13/h1-5,7,9,15H,6,8,10H2. The minimum atomic E-state index is 0.504. The predicted molar refractivity (Wildman–Crippen MR) is 68.3 cm³/mol. The Labute approximate surface area is 105 Å². The summed E-state index contributed by atoms with van der Waals surface area (Å²) < 4.78 is 10.6. The summed E-state index contributed by atoms with van der Waals surface area (Å²) in [6.45, 7) is 1.86. The van der Waals surface area contributed by atoms with Crippen LogP contribution in [0.1, 0.15) is 5.76 Å². The van der Waals surface area contributed by atoms with Crippen molar-refractivity contribution in [2.45, 2.75) is 6.61 Å². The molecular weight excluding hydrogens is 238 g/mol. The average Bonchev–Trinajstić information content (AvgIpc) is 2.82. The van der Waals surface area contributed by atoms with Gasteiger partial charge in [0.2, 0.25) is 0 Å². The number of ether oxygens (including phenoxy) is 1. The Morgan fingerprint density at radius 3 is 2.94 bits per heavy atom. The second kappa shape index (κ2) is 6.33. The first-order valence-corrected chi connectivity index (χ1v) is 5.82. The summed E-state index contributed by atoms with van der Waals surface area (Å²) >= 11 is 5.87. The lowest BCUT2D eigenvalue weighted by molar-refractivity contribution is 0.115. The van der Waals surface area contributed by atoms with Gasteiger partial charge in [-0.25, -0.2) is 0 Å². The molecular formula is C13H14ClNO2. The van der Waals surface area contributed by atoms with E-state index in [1.807, 2.05) is 36.4 Å². The van der Waals surface area contributed by atoms with Crippen LogP contribution in [0.15, 0.2) is 47.1 Å². The zero-order chi connectivity index (χ0) is 11.9. The minimum absolute atomic E-state index is 0.504. The van der Waals surface area contributed by atoms with Crippen LogP contribution in [-0.4, -0.2) is 13.2 Å². The third-order valence-electron chi connectivity index (χ3n) is 2.22. The maximum Gasteiger partial charge on any atom is 0.129 e. The molecule has 1 N–H and O–H groups in total. The summed E-state index contributed by atoms with van der Waals surface area (Å²) in [5.41, 5.74) is 0.999. The van der Waals surface area contributed by atoms with E-state index in [2.05, 4.69) is 5.32 Å². The first-order chi connectivity index (χ1) is 8.34. The van der Waals surface area contributed by atoms with Crippen molar-refractivity contribution in [3.05, 3.63) is 53.4 Å². The summed E-state index contributed by atoms with van der Waals surface area (Å²) in [7, 11) is 0. The summed E-state index contributed by atoms with van der Waals surface area (Å²) in [6, 6.07) is 11.4. The second-order valence-electron chi connectivity index (χ2n) is 3.57. The number of furan rings is 1. The van der Waals surface area contributed by atoms with Crippen molar-refractivity contribution < 1.29 is 9.15 Å². The van der Waals surface area contributed by atoms with Crippen molar-refractivity contribution in [3.63, 3.8) is 0 Å². The van der Waals surface area contributed by atoms with Crippen molar-refractivity contribution in [2.75, 3.05) is 18.5 Å². The normalized spacial score (nSPS) is 10.4. The molecule has 1 heterocycles. The Kier molecular flexibility index (Phi) is 4.47. The largest absolute Gasteiger partial charge is 0.467 e. The van der Waals surface area contributed by atoms with Crippen molar-refractivity contribution in [1.82, 2.24) is 0 Å². The number of nitrogens with one attached hydrogen (secondary N) is 1. The zero-order valence-corrected chi connectivity index (χ0v) is 10.1. The smallest absolute Gasteiger partial charge is 0.129 e. The number of anilines is 1. The molecule has 1 aromatic heterocycles. The van der Waals surface area contributed by atoms with Crippen molar-refractivity contribution in [1.29, 1.82) is 0 Å². The molecule has 0 saturated heterocycles. The van der Waals surface area contributed by atoms with E-state index in [-0.39, 0.29) is 0 Å². The highest BCUT2D eigenvalue weighted by Crippen LogP contribution is 2.14. The maximum atomic E-state index is 5.87. The predicted octanol–water partition coefficient (Wildman–Crippen LogP) is 3.56. The van der Waals surface area contributed by atoms with Gasteiger partial charge in [-0.05, 0) is 30.3 Å². The number of hydrogen-bond donors (Lipinski definition) is 1. The molecule has 0 radical (unpaired) electrons. The van der Waals surface area contributed by atoms with Crippen LogP contribution in [0, 0.1) is 0 Å².